The van der Waals surface area contributed by atoms with Crippen molar-refractivity contribution in [2.24, 2.45) is 0 Å². The van der Waals surface area contributed by atoms with E-state index in [1.165, 1.54) is 77.2 Å². The van der Waals surface area contributed by atoms with Crippen LogP contribution < -0.4 is 4.74 Å². The van der Waals surface area contributed by atoms with Crippen molar-refractivity contribution in [1.29, 1.82) is 0 Å². The van der Waals surface area contributed by atoms with Crippen LogP contribution in [0.3, 0.4) is 0 Å². The first-order chi connectivity index (χ1) is 22.8. The molecule has 0 N–H and O–H groups in total. The monoisotopic (exact) mass is 582 g/mol. The number of hydrogen-bond acceptors (Lipinski definition) is 1. The molecule has 1 heterocycles. The predicted octanol–water partition coefficient (Wildman–Crippen LogP) is 11.8. The highest BCUT2D eigenvalue weighted by molar-refractivity contribution is 6.09. The van der Waals surface area contributed by atoms with Crippen LogP contribution in [0.15, 0.2) is 158 Å². The molecule has 0 saturated heterocycles. The van der Waals surface area contributed by atoms with E-state index in [0.29, 0.717) is 0 Å². The Bertz CT molecular complexity index is 2610. The molecule has 3 aliphatic rings. The van der Waals surface area contributed by atoms with Crippen molar-refractivity contribution < 1.29 is 4.74 Å². The Morgan fingerprint density at radius 2 is 0.761 bits per heavy atom. The Balaban J connectivity index is 1.30. The van der Waals surface area contributed by atoms with Gasteiger partial charge in [0.2, 0.25) is 0 Å². The molecule has 2 aliphatic carbocycles. The lowest BCUT2D eigenvalue weighted by atomic mass is 9.60. The van der Waals surface area contributed by atoms with Crippen molar-refractivity contribution in [2.75, 3.05) is 0 Å². The Morgan fingerprint density at radius 3 is 1.48 bits per heavy atom. The van der Waals surface area contributed by atoms with Crippen LogP contribution in [0, 0.1) is 0 Å². The molecule has 212 valence electrons. The summed E-state index contributed by atoms with van der Waals surface area (Å²) in [6, 6.07) is 58.2. The molecule has 46 heavy (non-hydrogen) atoms. The molecule has 1 nitrogen and oxygen atoms in total. The van der Waals surface area contributed by atoms with E-state index in [1.807, 2.05) is 0 Å². The zero-order valence-corrected chi connectivity index (χ0v) is 24.9. The van der Waals surface area contributed by atoms with Gasteiger partial charge < -0.3 is 4.74 Å². The molecule has 8 aromatic carbocycles. The van der Waals surface area contributed by atoms with Gasteiger partial charge in [-0.1, -0.05) is 152 Å². The van der Waals surface area contributed by atoms with Crippen molar-refractivity contribution in [1.82, 2.24) is 0 Å². The largest absolute Gasteiger partial charge is 0.455 e. The summed E-state index contributed by atoms with van der Waals surface area (Å²) in [4.78, 5) is 0. The van der Waals surface area contributed by atoms with Gasteiger partial charge >= 0.3 is 0 Å². The van der Waals surface area contributed by atoms with Gasteiger partial charge in [-0.15, -0.1) is 0 Å². The molecule has 8 aromatic rings. The average molecular weight is 583 g/mol. The van der Waals surface area contributed by atoms with Crippen LogP contribution >= 0.6 is 0 Å². The second-order valence-electron chi connectivity index (χ2n) is 12.7. The van der Waals surface area contributed by atoms with Gasteiger partial charge in [-0.25, -0.2) is 0 Å². The fourth-order valence-corrected chi connectivity index (χ4v) is 9.01. The Morgan fingerprint density at radius 1 is 0.326 bits per heavy atom. The number of hydrogen-bond donors (Lipinski definition) is 0. The summed E-state index contributed by atoms with van der Waals surface area (Å²) >= 11 is 0. The summed E-state index contributed by atoms with van der Waals surface area (Å²) in [5, 5.41) is 5.00. The number of rotatable bonds is 1. The minimum absolute atomic E-state index is 0.498. The summed E-state index contributed by atoms with van der Waals surface area (Å²) in [5.41, 5.74) is 14.7. The lowest BCUT2D eigenvalue weighted by molar-refractivity contribution is 0.488. The van der Waals surface area contributed by atoms with Crippen LogP contribution in [0.5, 0.6) is 11.5 Å². The Labute approximate surface area is 267 Å². The van der Waals surface area contributed by atoms with E-state index in [1.54, 1.807) is 0 Å². The minimum Gasteiger partial charge on any atom is -0.455 e. The fraction of sp³-hybridized carbons (Fsp3) is 0.0222. The highest BCUT2D eigenvalue weighted by Crippen LogP contribution is 2.64. The van der Waals surface area contributed by atoms with Crippen molar-refractivity contribution >= 4 is 21.5 Å². The van der Waals surface area contributed by atoms with Crippen LogP contribution in [0.1, 0.15) is 22.3 Å². The topological polar surface area (TPSA) is 9.23 Å². The number of benzene rings is 8. The van der Waals surface area contributed by atoms with E-state index in [-0.39, 0.29) is 0 Å². The van der Waals surface area contributed by atoms with Crippen molar-refractivity contribution in [3.05, 3.63) is 180 Å². The maximum Gasteiger partial charge on any atom is 0.143 e. The van der Waals surface area contributed by atoms with E-state index in [4.69, 9.17) is 4.74 Å². The average Bonchev–Trinajstić information content (AvgIpc) is 3.42. The van der Waals surface area contributed by atoms with Crippen molar-refractivity contribution in [3.8, 4) is 56.0 Å². The van der Waals surface area contributed by atoms with Crippen LogP contribution in [-0.2, 0) is 5.41 Å². The highest BCUT2D eigenvalue weighted by Gasteiger charge is 2.51. The van der Waals surface area contributed by atoms with E-state index in [2.05, 4.69) is 158 Å². The molecular weight excluding hydrogens is 556 g/mol. The van der Waals surface area contributed by atoms with Gasteiger partial charge in [0.05, 0.1) is 5.41 Å². The van der Waals surface area contributed by atoms with Crippen molar-refractivity contribution in [2.45, 2.75) is 5.41 Å². The maximum atomic E-state index is 6.93. The lowest BCUT2D eigenvalue weighted by Crippen LogP contribution is -2.32. The van der Waals surface area contributed by atoms with Crippen LogP contribution in [-0.4, -0.2) is 0 Å². The maximum absolute atomic E-state index is 6.93. The van der Waals surface area contributed by atoms with Gasteiger partial charge in [0.25, 0.3) is 0 Å². The van der Waals surface area contributed by atoms with Gasteiger partial charge in [-0.05, 0) is 77.9 Å². The molecule has 11 rings (SSSR count). The van der Waals surface area contributed by atoms with Gasteiger partial charge in [-0.2, -0.15) is 0 Å². The molecule has 1 spiro atoms. The van der Waals surface area contributed by atoms with Gasteiger partial charge in [0, 0.05) is 16.5 Å². The number of para-hydroxylation sites is 1. The van der Waals surface area contributed by atoms with Crippen molar-refractivity contribution in [3.63, 3.8) is 0 Å². The smallest absolute Gasteiger partial charge is 0.143 e. The first kappa shape index (κ1) is 24.4. The molecular formula is C45H26O. The molecule has 0 aromatic heterocycles. The van der Waals surface area contributed by atoms with Crippen LogP contribution in [0.2, 0.25) is 0 Å². The molecule has 0 fully saturated rings. The SMILES string of the molecule is c1ccc2c(c1)-c1cccc(-c3cccc4c3Oc3cccc5cccc-4c35)c1C21c2ccccc2-c2cccc3cccc1c23. The summed E-state index contributed by atoms with van der Waals surface area (Å²) in [6.45, 7) is 0. The standard InChI is InChI=1S/C45H26O/c1-3-23-37-29(15-1)31-17-5-11-27-13-7-25-39(41(27)31)45(37)38-24-4-2-16-30(38)33-19-9-20-34(43(33)45)36-22-10-21-35-32-18-6-12-28-14-8-26-40(42(28)32)46-44(35)36/h1-26H. The first-order valence-corrected chi connectivity index (χ1v) is 16.0. The zero-order valence-electron chi connectivity index (χ0n) is 24.9. The summed E-state index contributed by atoms with van der Waals surface area (Å²) in [7, 11) is 0. The summed E-state index contributed by atoms with van der Waals surface area (Å²) in [6.07, 6.45) is 0. The minimum atomic E-state index is -0.498. The quantitative estimate of drug-likeness (QED) is 0.187. The Hall–Kier alpha value is -5.92. The van der Waals surface area contributed by atoms with Gasteiger partial charge in [-0.3, -0.25) is 0 Å². The zero-order chi connectivity index (χ0) is 30.0. The van der Waals surface area contributed by atoms with Gasteiger partial charge in [0.15, 0.2) is 0 Å². The van der Waals surface area contributed by atoms with E-state index in [9.17, 15) is 0 Å². The number of fused-ring (bicyclic) bond motifs is 11. The second kappa shape index (κ2) is 8.62. The highest BCUT2D eigenvalue weighted by atomic mass is 16.5. The summed E-state index contributed by atoms with van der Waals surface area (Å²) in [5.74, 6) is 1.84. The molecule has 0 amide bonds. The predicted molar refractivity (Wildman–Crippen MR) is 189 cm³/mol. The molecule has 1 heteroatoms. The normalized spacial score (nSPS) is 16.1. The fourth-order valence-electron chi connectivity index (χ4n) is 9.01. The molecule has 1 atom stereocenters. The molecule has 1 unspecified atom stereocenters. The second-order valence-corrected chi connectivity index (χ2v) is 12.7. The van der Waals surface area contributed by atoms with Crippen LogP contribution in [0.25, 0.3) is 66.1 Å². The lowest BCUT2D eigenvalue weighted by Gasteiger charge is -2.41. The van der Waals surface area contributed by atoms with E-state index >= 15 is 0 Å². The third kappa shape index (κ3) is 2.83. The Kier molecular flexibility index (Phi) is 4.57. The van der Waals surface area contributed by atoms with Crippen LogP contribution in [0.4, 0.5) is 0 Å². The van der Waals surface area contributed by atoms with Gasteiger partial charge in [0.1, 0.15) is 11.5 Å². The summed E-state index contributed by atoms with van der Waals surface area (Å²) < 4.78 is 6.93. The molecule has 0 saturated carbocycles. The molecule has 0 bridgehead atoms. The first-order valence-electron chi connectivity index (χ1n) is 16.0. The number of ether oxygens (including phenoxy) is 1. The van der Waals surface area contributed by atoms with E-state index in [0.717, 1.165) is 22.6 Å². The molecule has 1 aliphatic heterocycles. The molecule has 0 radical (unpaired) electrons. The third-order valence-electron chi connectivity index (χ3n) is 10.7. The third-order valence-corrected chi connectivity index (χ3v) is 10.7. The van der Waals surface area contributed by atoms with E-state index < -0.39 is 5.41 Å².